The Labute approximate surface area is 140 Å². The van der Waals surface area contributed by atoms with E-state index >= 15 is 0 Å². The SMILES string of the molecule is CO/N=C(\C(=O)OC)c1csc(/N=C/c2ccccc2[N+](=O)[O-])n1. The standard InChI is InChI=1S/C14H12N4O5S/c1-22-13(19)12(17-23-2)10-8-24-14(16-10)15-7-9-5-3-4-6-11(9)18(20)21/h3-8H,1-2H3/b15-7+,17-12-. The predicted molar refractivity (Wildman–Crippen MR) is 88.0 cm³/mol. The van der Waals surface area contributed by atoms with Crippen LogP contribution < -0.4 is 0 Å². The van der Waals surface area contributed by atoms with E-state index < -0.39 is 10.9 Å². The predicted octanol–water partition coefficient (Wildman–Crippen LogP) is 2.33. The van der Waals surface area contributed by atoms with Gasteiger partial charge in [0.15, 0.2) is 0 Å². The minimum Gasteiger partial charge on any atom is -0.464 e. The Morgan fingerprint density at radius 2 is 2.12 bits per heavy atom. The number of benzene rings is 1. The van der Waals surface area contributed by atoms with Crippen LogP contribution in [-0.4, -0.2) is 42.0 Å². The van der Waals surface area contributed by atoms with Gasteiger partial charge in [-0.25, -0.2) is 14.8 Å². The molecule has 1 aromatic carbocycles. The minimum atomic E-state index is -0.698. The highest BCUT2D eigenvalue weighted by Gasteiger charge is 2.19. The van der Waals surface area contributed by atoms with E-state index in [2.05, 4.69) is 24.7 Å². The normalized spacial score (nSPS) is 11.5. The Morgan fingerprint density at radius 3 is 2.79 bits per heavy atom. The maximum atomic E-state index is 11.6. The molecule has 2 rings (SSSR count). The Morgan fingerprint density at radius 1 is 1.38 bits per heavy atom. The van der Waals surface area contributed by atoms with E-state index in [1.165, 1.54) is 26.5 Å². The van der Waals surface area contributed by atoms with Crippen molar-refractivity contribution in [2.45, 2.75) is 0 Å². The number of carbonyl (C=O) groups excluding carboxylic acids is 1. The monoisotopic (exact) mass is 348 g/mol. The molecule has 0 amide bonds. The van der Waals surface area contributed by atoms with Gasteiger partial charge >= 0.3 is 5.97 Å². The van der Waals surface area contributed by atoms with Gasteiger partial charge in [-0.2, -0.15) is 0 Å². The molecule has 24 heavy (non-hydrogen) atoms. The van der Waals surface area contributed by atoms with Crippen LogP contribution in [0, 0.1) is 10.1 Å². The van der Waals surface area contributed by atoms with Crippen LogP contribution in [0.15, 0.2) is 39.8 Å². The van der Waals surface area contributed by atoms with Crippen molar-refractivity contribution >= 4 is 40.1 Å². The summed E-state index contributed by atoms with van der Waals surface area (Å²) in [5, 5.41) is 16.4. The third-order valence-corrected chi connectivity index (χ3v) is 3.49. The third kappa shape index (κ3) is 3.98. The Hall–Kier alpha value is -3.14. The summed E-state index contributed by atoms with van der Waals surface area (Å²) in [6, 6.07) is 6.20. The number of aromatic nitrogens is 1. The summed E-state index contributed by atoms with van der Waals surface area (Å²) in [7, 11) is 2.51. The number of para-hydroxylation sites is 1. The van der Waals surface area contributed by atoms with E-state index in [0.717, 1.165) is 11.3 Å². The van der Waals surface area contributed by atoms with Crippen molar-refractivity contribution in [2.75, 3.05) is 14.2 Å². The summed E-state index contributed by atoms with van der Waals surface area (Å²) in [4.78, 5) is 34.9. The van der Waals surface area contributed by atoms with Gasteiger partial charge in [0, 0.05) is 17.7 Å². The third-order valence-electron chi connectivity index (χ3n) is 2.74. The van der Waals surface area contributed by atoms with Gasteiger partial charge < -0.3 is 9.57 Å². The van der Waals surface area contributed by atoms with Crippen LogP contribution in [0.3, 0.4) is 0 Å². The maximum absolute atomic E-state index is 11.6. The zero-order valence-electron chi connectivity index (χ0n) is 12.7. The van der Waals surface area contributed by atoms with E-state index in [4.69, 9.17) is 0 Å². The second-order valence-electron chi connectivity index (χ2n) is 4.20. The average Bonchev–Trinajstić information content (AvgIpc) is 3.06. The van der Waals surface area contributed by atoms with Gasteiger partial charge in [0.1, 0.15) is 12.8 Å². The number of esters is 1. The summed E-state index contributed by atoms with van der Waals surface area (Å²) in [5.74, 6) is -0.698. The molecule has 124 valence electrons. The molecular formula is C14H12N4O5S. The Bertz CT molecular complexity index is 815. The van der Waals surface area contributed by atoms with Crippen molar-refractivity contribution in [1.82, 2.24) is 4.98 Å². The number of aliphatic imine (C=N–C) groups is 1. The van der Waals surface area contributed by atoms with Crippen molar-refractivity contribution in [1.29, 1.82) is 0 Å². The molecule has 0 aliphatic rings. The largest absolute Gasteiger partial charge is 0.464 e. The van der Waals surface area contributed by atoms with Gasteiger partial charge in [0.05, 0.1) is 17.6 Å². The number of hydrogen-bond donors (Lipinski definition) is 0. The molecule has 0 bridgehead atoms. The highest BCUT2D eigenvalue weighted by atomic mass is 32.1. The summed E-state index contributed by atoms with van der Waals surface area (Å²) >= 11 is 1.14. The number of methoxy groups -OCH3 is 1. The molecule has 0 N–H and O–H groups in total. The number of oxime groups is 1. The quantitative estimate of drug-likeness (QED) is 0.342. The van der Waals surface area contributed by atoms with Gasteiger partial charge in [-0.05, 0) is 6.07 Å². The molecule has 0 fully saturated rings. The van der Waals surface area contributed by atoms with Crippen LogP contribution in [0.25, 0.3) is 0 Å². The molecule has 0 saturated carbocycles. The zero-order valence-corrected chi connectivity index (χ0v) is 13.5. The number of nitro groups is 1. The molecule has 2 aromatic rings. The molecule has 1 heterocycles. The van der Waals surface area contributed by atoms with Crippen LogP contribution >= 0.6 is 11.3 Å². The van der Waals surface area contributed by atoms with Gasteiger partial charge in [-0.15, -0.1) is 11.3 Å². The number of nitrogens with zero attached hydrogens (tertiary/aromatic N) is 4. The highest BCUT2D eigenvalue weighted by Crippen LogP contribution is 2.21. The molecule has 0 saturated heterocycles. The van der Waals surface area contributed by atoms with Crippen molar-refractivity contribution in [3.63, 3.8) is 0 Å². The number of nitro benzene ring substituents is 1. The summed E-state index contributed by atoms with van der Waals surface area (Å²) in [6.07, 6.45) is 1.34. The van der Waals surface area contributed by atoms with Gasteiger partial charge in [0.25, 0.3) is 5.69 Å². The first kappa shape index (κ1) is 17.2. The first-order valence-electron chi connectivity index (χ1n) is 6.49. The van der Waals surface area contributed by atoms with Crippen molar-refractivity contribution in [3.8, 4) is 0 Å². The Balaban J connectivity index is 2.27. The Kier molecular flexibility index (Phi) is 5.68. The van der Waals surface area contributed by atoms with E-state index in [9.17, 15) is 14.9 Å². The lowest BCUT2D eigenvalue weighted by molar-refractivity contribution is -0.385. The molecule has 0 aliphatic carbocycles. The molecule has 0 atom stereocenters. The first-order valence-corrected chi connectivity index (χ1v) is 7.37. The number of ether oxygens (including phenoxy) is 1. The summed E-state index contributed by atoms with van der Waals surface area (Å²) in [5.41, 5.74) is 0.430. The van der Waals surface area contributed by atoms with Crippen LogP contribution in [-0.2, 0) is 14.4 Å². The van der Waals surface area contributed by atoms with Gasteiger partial charge in [-0.1, -0.05) is 17.3 Å². The summed E-state index contributed by atoms with van der Waals surface area (Å²) < 4.78 is 4.60. The van der Waals surface area contributed by atoms with E-state index in [0.29, 0.717) is 10.7 Å². The number of carbonyl (C=O) groups is 1. The van der Waals surface area contributed by atoms with E-state index in [1.807, 2.05) is 0 Å². The molecular weight excluding hydrogens is 336 g/mol. The smallest absolute Gasteiger partial charge is 0.362 e. The van der Waals surface area contributed by atoms with Crippen molar-refractivity contribution in [3.05, 3.63) is 51.0 Å². The molecule has 1 aromatic heterocycles. The molecule has 0 radical (unpaired) electrons. The molecule has 0 unspecified atom stereocenters. The molecule has 0 aliphatic heterocycles. The minimum absolute atomic E-state index is 0.0609. The molecule has 10 heteroatoms. The van der Waals surface area contributed by atoms with Gasteiger partial charge in [0.2, 0.25) is 10.8 Å². The summed E-state index contributed by atoms with van der Waals surface area (Å²) in [6.45, 7) is 0. The number of rotatable bonds is 6. The lowest BCUT2D eigenvalue weighted by Gasteiger charge is -1.99. The number of hydrogen-bond acceptors (Lipinski definition) is 9. The highest BCUT2D eigenvalue weighted by molar-refractivity contribution is 7.13. The van der Waals surface area contributed by atoms with Crippen LogP contribution in [0.1, 0.15) is 11.3 Å². The van der Waals surface area contributed by atoms with Crippen LogP contribution in [0.5, 0.6) is 0 Å². The lowest BCUT2D eigenvalue weighted by Crippen LogP contribution is -2.17. The fourth-order valence-corrected chi connectivity index (χ4v) is 2.34. The second-order valence-corrected chi connectivity index (χ2v) is 5.04. The van der Waals surface area contributed by atoms with Crippen LogP contribution in [0.2, 0.25) is 0 Å². The fraction of sp³-hybridized carbons (Fsp3) is 0.143. The van der Waals surface area contributed by atoms with E-state index in [1.54, 1.807) is 23.6 Å². The van der Waals surface area contributed by atoms with Crippen molar-refractivity contribution < 1.29 is 19.3 Å². The molecule has 0 spiro atoms. The number of thiazole rings is 1. The first-order chi connectivity index (χ1) is 11.6. The topological polar surface area (TPSA) is 116 Å². The van der Waals surface area contributed by atoms with Crippen molar-refractivity contribution in [2.24, 2.45) is 10.1 Å². The lowest BCUT2D eigenvalue weighted by atomic mass is 10.2. The van der Waals surface area contributed by atoms with Gasteiger partial charge in [-0.3, -0.25) is 10.1 Å². The maximum Gasteiger partial charge on any atom is 0.362 e. The second kappa shape index (κ2) is 7.92. The zero-order chi connectivity index (χ0) is 17.5. The average molecular weight is 348 g/mol. The van der Waals surface area contributed by atoms with Crippen LogP contribution in [0.4, 0.5) is 10.8 Å². The van der Waals surface area contributed by atoms with E-state index in [-0.39, 0.29) is 17.1 Å². The fourth-order valence-electron chi connectivity index (χ4n) is 1.70. The molecule has 9 nitrogen and oxygen atoms in total.